The number of carbonyl (C=O) groups excluding carboxylic acids is 1. The largest absolute Gasteiger partial charge is 0.478 e. The second kappa shape index (κ2) is 9.91. The van der Waals surface area contributed by atoms with Gasteiger partial charge in [-0.25, -0.2) is 4.79 Å². The highest BCUT2D eigenvalue weighted by Crippen LogP contribution is 2.41. The highest BCUT2D eigenvalue weighted by Gasteiger charge is 2.41. The Kier molecular flexibility index (Phi) is 6.65. The van der Waals surface area contributed by atoms with Crippen LogP contribution in [0.3, 0.4) is 0 Å². The highest BCUT2D eigenvalue weighted by molar-refractivity contribution is 7.09. The monoisotopic (exact) mass is 531 g/mol. The van der Waals surface area contributed by atoms with Gasteiger partial charge in [0.15, 0.2) is 0 Å². The summed E-state index contributed by atoms with van der Waals surface area (Å²) in [6, 6.07) is 12.0. The molecule has 0 saturated heterocycles. The van der Waals surface area contributed by atoms with Crippen LogP contribution in [0.15, 0.2) is 63.1 Å². The van der Waals surface area contributed by atoms with Crippen LogP contribution in [0.5, 0.6) is 17.2 Å². The van der Waals surface area contributed by atoms with E-state index in [9.17, 15) is 22.8 Å². The molecule has 2 aromatic heterocycles. The van der Waals surface area contributed by atoms with E-state index in [4.69, 9.17) is 13.9 Å². The van der Waals surface area contributed by atoms with Gasteiger partial charge in [-0.1, -0.05) is 6.07 Å². The number of halogens is 3. The first-order valence-electron chi connectivity index (χ1n) is 11.2. The van der Waals surface area contributed by atoms with Gasteiger partial charge in [0.05, 0.1) is 23.6 Å². The van der Waals surface area contributed by atoms with E-state index < -0.39 is 29.1 Å². The molecule has 11 heteroatoms. The standard InChI is InChI=1S/C26H20F3NO6S/c1-33-25(32)15-4-6-16(7-5-15)35-23-21(31)18-8-9-20-19(22(18)36-24(23)26(27,28)29)13-30(14-34-20)11-10-17-3-2-12-37-17/h2-9,12H,10-11,13-14H2,1H3. The van der Waals surface area contributed by atoms with Gasteiger partial charge in [0, 0.05) is 18.0 Å². The predicted octanol–water partition coefficient (Wildman–Crippen LogP) is 5.85. The maximum atomic E-state index is 14.0. The molecule has 0 radical (unpaired) electrons. The van der Waals surface area contributed by atoms with Crippen molar-refractivity contribution in [3.63, 3.8) is 0 Å². The molecule has 7 nitrogen and oxygen atoms in total. The van der Waals surface area contributed by atoms with Crippen molar-refractivity contribution >= 4 is 28.3 Å². The smallest absolute Gasteiger partial charge is 0.453 e. The van der Waals surface area contributed by atoms with Crippen LogP contribution in [0.4, 0.5) is 13.2 Å². The van der Waals surface area contributed by atoms with E-state index in [1.54, 1.807) is 17.4 Å². The summed E-state index contributed by atoms with van der Waals surface area (Å²) in [6.45, 7) is 1.14. The van der Waals surface area contributed by atoms with Crippen molar-refractivity contribution in [1.29, 1.82) is 0 Å². The third-order valence-electron chi connectivity index (χ3n) is 5.87. The third kappa shape index (κ3) is 5.05. The molecule has 0 bridgehead atoms. The van der Waals surface area contributed by atoms with Crippen molar-refractivity contribution in [3.8, 4) is 17.2 Å². The molecule has 0 amide bonds. The van der Waals surface area contributed by atoms with Crippen molar-refractivity contribution in [1.82, 2.24) is 4.90 Å². The fraction of sp³-hybridized carbons (Fsp3) is 0.231. The van der Waals surface area contributed by atoms with Gasteiger partial charge in [0.2, 0.25) is 11.2 Å². The Labute approximate surface area is 212 Å². The molecule has 1 aliphatic heterocycles. The van der Waals surface area contributed by atoms with Gasteiger partial charge in [-0.3, -0.25) is 9.69 Å². The Balaban J connectivity index is 1.52. The summed E-state index contributed by atoms with van der Waals surface area (Å²) in [6.07, 6.45) is -4.25. The Morgan fingerprint density at radius 1 is 1.14 bits per heavy atom. The number of alkyl halides is 3. The second-order valence-electron chi connectivity index (χ2n) is 8.28. The average molecular weight is 532 g/mol. The lowest BCUT2D eigenvalue weighted by Crippen LogP contribution is -2.33. The molecule has 3 heterocycles. The minimum Gasteiger partial charge on any atom is -0.478 e. The Morgan fingerprint density at radius 2 is 1.92 bits per heavy atom. The Bertz CT molecular complexity index is 1500. The Hall–Kier alpha value is -3.83. The number of nitrogens with zero attached hydrogens (tertiary/aromatic N) is 1. The number of benzene rings is 2. The first-order chi connectivity index (χ1) is 17.7. The van der Waals surface area contributed by atoms with Crippen molar-refractivity contribution < 1.29 is 36.6 Å². The van der Waals surface area contributed by atoms with Crippen LogP contribution >= 0.6 is 11.3 Å². The van der Waals surface area contributed by atoms with E-state index in [0.717, 1.165) is 6.42 Å². The summed E-state index contributed by atoms with van der Waals surface area (Å²) in [5.41, 5.74) is -0.619. The van der Waals surface area contributed by atoms with Gasteiger partial charge in [0.1, 0.15) is 23.8 Å². The lowest BCUT2D eigenvalue weighted by Gasteiger charge is -2.29. The van der Waals surface area contributed by atoms with Gasteiger partial charge < -0.3 is 18.6 Å². The summed E-state index contributed by atoms with van der Waals surface area (Å²) in [5, 5.41) is 1.92. The second-order valence-corrected chi connectivity index (χ2v) is 9.31. The van der Waals surface area contributed by atoms with E-state index in [0.29, 0.717) is 17.9 Å². The molecule has 0 atom stereocenters. The quantitative estimate of drug-likeness (QED) is 0.289. The maximum Gasteiger partial charge on any atom is 0.453 e. The molecule has 2 aromatic carbocycles. The van der Waals surface area contributed by atoms with Crippen LogP contribution in [0.1, 0.15) is 26.6 Å². The van der Waals surface area contributed by atoms with Crippen molar-refractivity contribution in [2.45, 2.75) is 19.1 Å². The number of methoxy groups -OCH3 is 1. The van der Waals surface area contributed by atoms with Crippen molar-refractivity contribution in [3.05, 3.63) is 85.9 Å². The molecule has 0 fully saturated rings. The minimum absolute atomic E-state index is 0.0587. The molecule has 0 saturated carbocycles. The first kappa shape index (κ1) is 24.8. The number of ether oxygens (including phenoxy) is 3. The summed E-state index contributed by atoms with van der Waals surface area (Å²) < 4.78 is 63.2. The fourth-order valence-corrected chi connectivity index (χ4v) is 4.73. The van der Waals surface area contributed by atoms with Crippen LogP contribution in [0.25, 0.3) is 11.0 Å². The van der Waals surface area contributed by atoms with Gasteiger partial charge in [-0.2, -0.15) is 13.2 Å². The first-order valence-corrected chi connectivity index (χ1v) is 12.1. The number of hydrogen-bond donors (Lipinski definition) is 0. The normalized spacial score (nSPS) is 13.7. The summed E-state index contributed by atoms with van der Waals surface area (Å²) in [4.78, 5) is 28.0. The molecular weight excluding hydrogens is 511 g/mol. The fourth-order valence-electron chi connectivity index (χ4n) is 4.03. The van der Waals surface area contributed by atoms with E-state index in [2.05, 4.69) is 4.74 Å². The predicted molar refractivity (Wildman–Crippen MR) is 129 cm³/mol. The van der Waals surface area contributed by atoms with Crippen LogP contribution in [-0.4, -0.2) is 31.3 Å². The van der Waals surface area contributed by atoms with E-state index in [1.807, 2.05) is 22.4 Å². The van der Waals surface area contributed by atoms with Crippen LogP contribution in [0, 0.1) is 0 Å². The van der Waals surface area contributed by atoms with Crippen LogP contribution in [0.2, 0.25) is 0 Å². The molecule has 192 valence electrons. The Morgan fingerprint density at radius 3 is 2.59 bits per heavy atom. The summed E-state index contributed by atoms with van der Waals surface area (Å²) >= 11 is 1.62. The SMILES string of the molecule is COC(=O)c1ccc(Oc2c(C(F)(F)F)oc3c4c(ccc3c2=O)OCN(CCc2cccs2)C4)cc1. The number of fused-ring (bicyclic) bond motifs is 3. The molecule has 0 N–H and O–H groups in total. The van der Waals surface area contributed by atoms with Gasteiger partial charge in [0.25, 0.3) is 5.76 Å². The maximum absolute atomic E-state index is 14.0. The van der Waals surface area contributed by atoms with E-state index in [1.165, 1.54) is 42.3 Å². The van der Waals surface area contributed by atoms with Gasteiger partial charge in [-0.15, -0.1) is 11.3 Å². The minimum atomic E-state index is -5.01. The molecule has 5 rings (SSSR count). The molecule has 1 aliphatic rings. The third-order valence-corrected chi connectivity index (χ3v) is 6.81. The number of hydrogen-bond acceptors (Lipinski definition) is 8. The zero-order valence-corrected chi connectivity index (χ0v) is 20.3. The molecular formula is C26H20F3NO6S. The summed E-state index contributed by atoms with van der Waals surface area (Å²) in [7, 11) is 1.20. The number of rotatable bonds is 6. The average Bonchev–Trinajstić information content (AvgIpc) is 3.41. The lowest BCUT2D eigenvalue weighted by molar-refractivity contribution is -0.154. The molecule has 4 aromatic rings. The van der Waals surface area contributed by atoms with Gasteiger partial charge >= 0.3 is 12.1 Å². The molecule has 0 spiro atoms. The topological polar surface area (TPSA) is 78.2 Å². The number of thiophene rings is 1. The van der Waals surface area contributed by atoms with E-state index in [-0.39, 0.29) is 35.6 Å². The molecule has 0 unspecified atom stereocenters. The molecule has 37 heavy (non-hydrogen) atoms. The van der Waals surface area contributed by atoms with Crippen molar-refractivity contribution in [2.75, 3.05) is 20.4 Å². The highest BCUT2D eigenvalue weighted by atomic mass is 32.1. The van der Waals surface area contributed by atoms with Crippen LogP contribution in [-0.2, 0) is 23.9 Å². The lowest BCUT2D eigenvalue weighted by atomic mass is 10.1. The zero-order valence-electron chi connectivity index (χ0n) is 19.5. The van der Waals surface area contributed by atoms with E-state index >= 15 is 0 Å². The number of esters is 1. The molecule has 0 aliphatic carbocycles. The summed E-state index contributed by atoms with van der Waals surface area (Å²) in [5.74, 6) is -2.87. The van der Waals surface area contributed by atoms with Gasteiger partial charge in [-0.05, 0) is 54.3 Å². The zero-order chi connectivity index (χ0) is 26.2. The number of carbonyl (C=O) groups is 1. The van der Waals surface area contributed by atoms with Crippen molar-refractivity contribution in [2.24, 2.45) is 0 Å². The van der Waals surface area contributed by atoms with Crippen LogP contribution < -0.4 is 14.9 Å².